The molecule has 0 saturated carbocycles. The van der Waals surface area contributed by atoms with E-state index in [2.05, 4.69) is 56.7 Å². The second-order valence-electron chi connectivity index (χ2n) is 6.51. The van der Waals surface area contributed by atoms with Crippen LogP contribution in [0.4, 0.5) is 0 Å². The van der Waals surface area contributed by atoms with E-state index in [4.69, 9.17) is 0 Å². The van der Waals surface area contributed by atoms with Gasteiger partial charge in [-0.15, -0.1) is 0 Å². The number of aryl methyl sites for hydroxylation is 2. The van der Waals surface area contributed by atoms with E-state index >= 15 is 0 Å². The van der Waals surface area contributed by atoms with Crippen LogP contribution in [0.5, 0.6) is 0 Å². The lowest BCUT2D eigenvalue weighted by atomic mass is 10.1. The molecule has 0 radical (unpaired) electrons. The second-order valence-corrected chi connectivity index (χ2v) is 6.51. The molecule has 124 valence electrons. The number of aromatic nitrogens is 2. The quantitative estimate of drug-likeness (QED) is 0.819. The summed E-state index contributed by atoms with van der Waals surface area (Å²) in [7, 11) is 2.08. The number of hydrogen-bond donors (Lipinski definition) is 0. The van der Waals surface area contributed by atoms with Crippen molar-refractivity contribution < 1.29 is 0 Å². The third-order valence-corrected chi connectivity index (χ3v) is 4.75. The zero-order valence-electron chi connectivity index (χ0n) is 14.2. The molecule has 1 aliphatic heterocycles. The van der Waals surface area contributed by atoms with Crippen LogP contribution in [0.1, 0.15) is 24.2 Å². The van der Waals surface area contributed by atoms with Gasteiger partial charge in [-0.1, -0.05) is 30.3 Å². The SMILES string of the molecule is Cn1ccnc1CN1CCCN(CCCc2ccccc2)CC1. The van der Waals surface area contributed by atoms with Crippen LogP contribution in [0.2, 0.25) is 0 Å². The third-order valence-electron chi connectivity index (χ3n) is 4.75. The topological polar surface area (TPSA) is 24.3 Å². The van der Waals surface area contributed by atoms with Crippen molar-refractivity contribution in [2.24, 2.45) is 7.05 Å². The molecule has 3 rings (SSSR count). The van der Waals surface area contributed by atoms with E-state index in [0.717, 1.165) is 13.1 Å². The highest BCUT2D eigenvalue weighted by Crippen LogP contribution is 2.09. The average molecular weight is 312 g/mol. The smallest absolute Gasteiger partial charge is 0.122 e. The van der Waals surface area contributed by atoms with Gasteiger partial charge in [-0.25, -0.2) is 4.98 Å². The number of imidazole rings is 1. The molecule has 23 heavy (non-hydrogen) atoms. The Labute approximate surface area is 139 Å². The first-order valence-corrected chi connectivity index (χ1v) is 8.76. The van der Waals surface area contributed by atoms with Crippen molar-refractivity contribution in [2.75, 3.05) is 32.7 Å². The third kappa shape index (κ3) is 4.91. The van der Waals surface area contributed by atoms with E-state index in [-0.39, 0.29) is 0 Å². The molecule has 2 heterocycles. The van der Waals surface area contributed by atoms with E-state index in [1.54, 1.807) is 0 Å². The van der Waals surface area contributed by atoms with Crippen LogP contribution in [0.25, 0.3) is 0 Å². The van der Waals surface area contributed by atoms with Gasteiger partial charge in [-0.05, 0) is 44.5 Å². The molecule has 1 fully saturated rings. The standard InChI is InChI=1S/C19H28N4/c1-21-14-10-20-19(21)17-23-13-6-12-22(15-16-23)11-5-9-18-7-3-2-4-8-18/h2-4,7-8,10,14H,5-6,9,11-13,15-17H2,1H3. The van der Waals surface area contributed by atoms with Crippen LogP contribution in [0, 0.1) is 0 Å². The predicted octanol–water partition coefficient (Wildman–Crippen LogP) is 2.56. The molecule has 0 amide bonds. The van der Waals surface area contributed by atoms with Gasteiger partial charge in [0.25, 0.3) is 0 Å². The summed E-state index contributed by atoms with van der Waals surface area (Å²) >= 11 is 0. The molecule has 4 heteroatoms. The summed E-state index contributed by atoms with van der Waals surface area (Å²) in [6.07, 6.45) is 7.62. The van der Waals surface area contributed by atoms with Crippen LogP contribution in [-0.4, -0.2) is 52.1 Å². The Balaban J connectivity index is 1.41. The molecule has 2 aromatic rings. The Hall–Kier alpha value is -1.65. The van der Waals surface area contributed by atoms with Crippen molar-refractivity contribution in [1.29, 1.82) is 0 Å². The van der Waals surface area contributed by atoms with Gasteiger partial charge < -0.3 is 9.47 Å². The van der Waals surface area contributed by atoms with Gasteiger partial charge in [0.2, 0.25) is 0 Å². The number of benzene rings is 1. The van der Waals surface area contributed by atoms with Crippen molar-refractivity contribution in [3.63, 3.8) is 0 Å². The van der Waals surface area contributed by atoms with E-state index < -0.39 is 0 Å². The van der Waals surface area contributed by atoms with Crippen molar-refractivity contribution in [3.8, 4) is 0 Å². The Bertz CT molecular complexity index is 578. The Morgan fingerprint density at radius 3 is 2.57 bits per heavy atom. The molecule has 1 aliphatic rings. The first-order chi connectivity index (χ1) is 11.3. The highest BCUT2D eigenvalue weighted by Gasteiger charge is 2.15. The zero-order chi connectivity index (χ0) is 15.9. The lowest BCUT2D eigenvalue weighted by molar-refractivity contribution is 0.245. The van der Waals surface area contributed by atoms with Gasteiger partial charge in [0.05, 0.1) is 6.54 Å². The Kier molecular flexibility index (Phi) is 5.83. The number of rotatable bonds is 6. The van der Waals surface area contributed by atoms with Gasteiger partial charge in [-0.3, -0.25) is 4.90 Å². The fourth-order valence-corrected chi connectivity index (χ4v) is 3.31. The van der Waals surface area contributed by atoms with Gasteiger partial charge in [0, 0.05) is 32.5 Å². The summed E-state index contributed by atoms with van der Waals surface area (Å²) < 4.78 is 2.13. The first-order valence-electron chi connectivity index (χ1n) is 8.76. The summed E-state index contributed by atoms with van der Waals surface area (Å²) in [6, 6.07) is 10.8. The molecule has 0 aliphatic carbocycles. The van der Waals surface area contributed by atoms with Crippen LogP contribution >= 0.6 is 0 Å². The molecular weight excluding hydrogens is 284 g/mol. The maximum Gasteiger partial charge on any atom is 0.122 e. The van der Waals surface area contributed by atoms with Crippen molar-refractivity contribution in [1.82, 2.24) is 19.4 Å². The Morgan fingerprint density at radius 2 is 1.78 bits per heavy atom. The number of hydrogen-bond acceptors (Lipinski definition) is 3. The van der Waals surface area contributed by atoms with E-state index in [0.29, 0.717) is 0 Å². The summed E-state index contributed by atoms with van der Waals surface area (Å²) in [5.41, 5.74) is 1.46. The van der Waals surface area contributed by atoms with Crippen LogP contribution in [0.15, 0.2) is 42.7 Å². The van der Waals surface area contributed by atoms with Crippen molar-refractivity contribution in [3.05, 3.63) is 54.1 Å². The second kappa shape index (κ2) is 8.27. The molecule has 0 N–H and O–H groups in total. The lowest BCUT2D eigenvalue weighted by Gasteiger charge is -2.21. The highest BCUT2D eigenvalue weighted by molar-refractivity contribution is 5.14. The average Bonchev–Trinajstić information content (AvgIpc) is 2.83. The summed E-state index contributed by atoms with van der Waals surface area (Å²) in [6.45, 7) is 6.93. The fraction of sp³-hybridized carbons (Fsp3) is 0.526. The molecule has 0 spiro atoms. The molecule has 0 atom stereocenters. The highest BCUT2D eigenvalue weighted by atomic mass is 15.2. The molecule has 0 bridgehead atoms. The normalized spacial score (nSPS) is 17.3. The summed E-state index contributed by atoms with van der Waals surface area (Å²) in [5.74, 6) is 1.17. The van der Waals surface area contributed by atoms with Gasteiger partial charge in [0.15, 0.2) is 0 Å². The minimum Gasteiger partial charge on any atom is -0.337 e. The van der Waals surface area contributed by atoms with Crippen molar-refractivity contribution in [2.45, 2.75) is 25.8 Å². The lowest BCUT2D eigenvalue weighted by Crippen LogP contribution is -2.31. The van der Waals surface area contributed by atoms with Crippen molar-refractivity contribution >= 4 is 0 Å². The molecule has 0 unspecified atom stereocenters. The fourth-order valence-electron chi connectivity index (χ4n) is 3.31. The maximum absolute atomic E-state index is 4.45. The van der Waals surface area contributed by atoms with Gasteiger partial charge in [0.1, 0.15) is 5.82 Å². The molecule has 1 aromatic carbocycles. The predicted molar refractivity (Wildman–Crippen MR) is 94.3 cm³/mol. The number of nitrogens with zero attached hydrogens (tertiary/aromatic N) is 4. The maximum atomic E-state index is 4.45. The molecular formula is C19H28N4. The minimum atomic E-state index is 0.974. The summed E-state index contributed by atoms with van der Waals surface area (Å²) in [5, 5.41) is 0. The molecule has 4 nitrogen and oxygen atoms in total. The van der Waals surface area contributed by atoms with E-state index in [9.17, 15) is 0 Å². The van der Waals surface area contributed by atoms with Crippen LogP contribution < -0.4 is 0 Å². The first kappa shape index (κ1) is 16.2. The monoisotopic (exact) mass is 312 g/mol. The zero-order valence-corrected chi connectivity index (χ0v) is 14.2. The van der Waals surface area contributed by atoms with E-state index in [1.807, 2.05) is 12.4 Å². The largest absolute Gasteiger partial charge is 0.337 e. The van der Waals surface area contributed by atoms with Crippen LogP contribution in [0.3, 0.4) is 0 Å². The Morgan fingerprint density at radius 1 is 1.00 bits per heavy atom. The van der Waals surface area contributed by atoms with Gasteiger partial charge >= 0.3 is 0 Å². The molecule has 1 saturated heterocycles. The minimum absolute atomic E-state index is 0.974. The van der Waals surface area contributed by atoms with E-state index in [1.165, 1.54) is 56.8 Å². The molecule has 1 aromatic heterocycles. The van der Waals surface area contributed by atoms with Gasteiger partial charge in [-0.2, -0.15) is 0 Å². The summed E-state index contributed by atoms with van der Waals surface area (Å²) in [4.78, 5) is 9.62. The van der Waals surface area contributed by atoms with Crippen LogP contribution in [-0.2, 0) is 20.0 Å².